The van der Waals surface area contributed by atoms with Gasteiger partial charge < -0.3 is 18.7 Å². The first-order valence-electron chi connectivity index (χ1n) is 9.75. The molecular weight excluding hydrogens is 358 g/mol. The highest BCUT2D eigenvalue weighted by Gasteiger charge is 2.41. The minimum Gasteiger partial charge on any atom is -0.383 e. The summed E-state index contributed by atoms with van der Waals surface area (Å²) in [6.45, 7) is 8.38. The van der Waals surface area contributed by atoms with Gasteiger partial charge in [0.25, 0.3) is 0 Å². The Labute approximate surface area is 163 Å². The van der Waals surface area contributed by atoms with E-state index in [9.17, 15) is 0 Å². The first-order chi connectivity index (χ1) is 13.7. The Bertz CT molecular complexity index is 954. The van der Waals surface area contributed by atoms with Crippen molar-refractivity contribution in [1.29, 1.82) is 0 Å². The van der Waals surface area contributed by atoms with E-state index in [0.717, 1.165) is 67.7 Å². The summed E-state index contributed by atoms with van der Waals surface area (Å²) in [5.41, 5.74) is 2.78. The normalized spacial score (nSPS) is 22.4. The number of rotatable bonds is 6. The van der Waals surface area contributed by atoms with E-state index in [4.69, 9.17) is 9.26 Å². The molecule has 2 saturated heterocycles. The van der Waals surface area contributed by atoms with Crippen LogP contribution in [-0.4, -0.2) is 69.5 Å². The standard InChI is InChI=1S/C19H25N7O2/c1-13-5-16(23-28-13)10-24-6-14-8-26(9-15(14)7-24)19-17-18(20-11-21-19)25(12-22-17)3-4-27-2/h5,11-12,14-15H,3-4,6-10H2,1-2H3. The SMILES string of the molecule is COCCn1cnc2c(N3CC4CN(Cc5cc(C)on5)CC4C3)ncnc21. The van der Waals surface area contributed by atoms with E-state index in [0.29, 0.717) is 18.4 Å². The van der Waals surface area contributed by atoms with Gasteiger partial charge >= 0.3 is 0 Å². The van der Waals surface area contributed by atoms with Crippen molar-refractivity contribution in [3.63, 3.8) is 0 Å². The van der Waals surface area contributed by atoms with Gasteiger partial charge in [-0.05, 0) is 18.8 Å². The van der Waals surface area contributed by atoms with Crippen LogP contribution in [0.15, 0.2) is 23.2 Å². The maximum absolute atomic E-state index is 5.20. The van der Waals surface area contributed by atoms with Crippen molar-refractivity contribution >= 4 is 17.0 Å². The van der Waals surface area contributed by atoms with Gasteiger partial charge in [-0.1, -0.05) is 5.16 Å². The predicted molar refractivity (Wildman–Crippen MR) is 103 cm³/mol. The zero-order valence-electron chi connectivity index (χ0n) is 16.3. The number of hydrogen-bond donors (Lipinski definition) is 0. The molecule has 9 heteroatoms. The van der Waals surface area contributed by atoms with E-state index in [-0.39, 0.29) is 0 Å². The van der Waals surface area contributed by atoms with Crippen LogP contribution in [0.1, 0.15) is 11.5 Å². The van der Waals surface area contributed by atoms with Crippen molar-refractivity contribution in [1.82, 2.24) is 29.6 Å². The van der Waals surface area contributed by atoms with Gasteiger partial charge in [0.2, 0.25) is 0 Å². The van der Waals surface area contributed by atoms with E-state index >= 15 is 0 Å². The van der Waals surface area contributed by atoms with Gasteiger partial charge in [-0.25, -0.2) is 15.0 Å². The summed E-state index contributed by atoms with van der Waals surface area (Å²) in [5.74, 6) is 3.12. The lowest BCUT2D eigenvalue weighted by atomic mass is 10.0. The Morgan fingerprint density at radius 3 is 2.68 bits per heavy atom. The Morgan fingerprint density at radius 2 is 1.96 bits per heavy atom. The summed E-state index contributed by atoms with van der Waals surface area (Å²) in [6, 6.07) is 2.03. The molecule has 0 bridgehead atoms. The van der Waals surface area contributed by atoms with Crippen LogP contribution in [0, 0.1) is 18.8 Å². The Balaban J connectivity index is 1.28. The lowest BCUT2D eigenvalue weighted by molar-refractivity contribution is 0.188. The summed E-state index contributed by atoms with van der Waals surface area (Å²) < 4.78 is 12.4. The second-order valence-corrected chi connectivity index (χ2v) is 7.85. The van der Waals surface area contributed by atoms with Gasteiger partial charge in [-0.15, -0.1) is 0 Å². The fraction of sp³-hybridized carbons (Fsp3) is 0.579. The lowest BCUT2D eigenvalue weighted by Gasteiger charge is -2.21. The maximum atomic E-state index is 5.20. The van der Waals surface area contributed by atoms with E-state index in [1.807, 2.05) is 23.9 Å². The van der Waals surface area contributed by atoms with Crippen LogP contribution in [0.4, 0.5) is 5.82 Å². The number of aryl methyl sites for hydroxylation is 1. The zero-order valence-corrected chi connectivity index (χ0v) is 16.3. The third-order valence-corrected chi connectivity index (χ3v) is 5.84. The third-order valence-electron chi connectivity index (χ3n) is 5.84. The molecule has 0 aromatic carbocycles. The Morgan fingerprint density at radius 1 is 1.14 bits per heavy atom. The molecule has 2 unspecified atom stereocenters. The van der Waals surface area contributed by atoms with Gasteiger partial charge in [0.1, 0.15) is 12.1 Å². The van der Waals surface area contributed by atoms with Crippen LogP contribution in [0.25, 0.3) is 11.2 Å². The number of methoxy groups -OCH3 is 1. The molecule has 3 aromatic rings. The third kappa shape index (κ3) is 3.14. The van der Waals surface area contributed by atoms with Crippen LogP contribution in [-0.2, 0) is 17.8 Å². The molecular formula is C19H25N7O2. The smallest absolute Gasteiger partial charge is 0.165 e. The molecule has 5 heterocycles. The van der Waals surface area contributed by atoms with Crippen molar-refractivity contribution in [3.8, 4) is 0 Å². The number of fused-ring (bicyclic) bond motifs is 2. The molecule has 28 heavy (non-hydrogen) atoms. The second-order valence-electron chi connectivity index (χ2n) is 7.85. The Kier molecular flexibility index (Phi) is 4.48. The van der Waals surface area contributed by atoms with Crippen molar-refractivity contribution in [2.75, 3.05) is 44.8 Å². The van der Waals surface area contributed by atoms with Crippen LogP contribution in [0.5, 0.6) is 0 Å². The van der Waals surface area contributed by atoms with Crippen LogP contribution >= 0.6 is 0 Å². The van der Waals surface area contributed by atoms with E-state index in [2.05, 4.69) is 29.9 Å². The molecule has 2 aliphatic rings. The lowest BCUT2D eigenvalue weighted by Crippen LogP contribution is -2.29. The molecule has 0 spiro atoms. The van der Waals surface area contributed by atoms with E-state index in [1.54, 1.807) is 13.4 Å². The van der Waals surface area contributed by atoms with Gasteiger partial charge in [-0.2, -0.15) is 0 Å². The van der Waals surface area contributed by atoms with Crippen LogP contribution in [0.3, 0.4) is 0 Å². The second kappa shape index (κ2) is 7.14. The molecule has 0 radical (unpaired) electrons. The number of likely N-dealkylation sites (tertiary alicyclic amines) is 1. The molecule has 0 saturated carbocycles. The summed E-state index contributed by atoms with van der Waals surface area (Å²) in [5, 5.41) is 4.13. The van der Waals surface area contributed by atoms with Gasteiger partial charge in [0.15, 0.2) is 17.0 Å². The molecule has 3 aromatic heterocycles. The minimum absolute atomic E-state index is 0.638. The molecule has 2 aliphatic heterocycles. The quantitative estimate of drug-likeness (QED) is 0.630. The minimum atomic E-state index is 0.638. The molecule has 0 aliphatic carbocycles. The molecule has 2 fully saturated rings. The molecule has 5 rings (SSSR count). The summed E-state index contributed by atoms with van der Waals surface area (Å²) in [6.07, 6.45) is 3.48. The number of aromatic nitrogens is 5. The summed E-state index contributed by atoms with van der Waals surface area (Å²) in [4.78, 5) is 18.5. The topological polar surface area (TPSA) is 85.3 Å². The molecule has 2 atom stereocenters. The largest absolute Gasteiger partial charge is 0.383 e. The average molecular weight is 383 g/mol. The number of hydrogen-bond acceptors (Lipinski definition) is 8. The van der Waals surface area contributed by atoms with Crippen molar-refractivity contribution in [3.05, 3.63) is 30.2 Å². The maximum Gasteiger partial charge on any atom is 0.165 e. The van der Waals surface area contributed by atoms with E-state index < -0.39 is 0 Å². The molecule has 0 amide bonds. The van der Waals surface area contributed by atoms with Gasteiger partial charge in [0, 0.05) is 52.4 Å². The zero-order chi connectivity index (χ0) is 19.1. The first-order valence-corrected chi connectivity index (χ1v) is 9.75. The highest BCUT2D eigenvalue weighted by atomic mass is 16.5. The molecule has 148 valence electrons. The fourth-order valence-corrected chi connectivity index (χ4v) is 4.57. The number of nitrogens with zero attached hydrogens (tertiary/aromatic N) is 7. The molecule has 0 N–H and O–H groups in total. The molecule has 9 nitrogen and oxygen atoms in total. The summed E-state index contributed by atoms with van der Waals surface area (Å²) >= 11 is 0. The van der Waals surface area contributed by atoms with Crippen LogP contribution < -0.4 is 4.90 Å². The number of ether oxygens (including phenoxy) is 1. The van der Waals surface area contributed by atoms with Crippen LogP contribution in [0.2, 0.25) is 0 Å². The first kappa shape index (κ1) is 17.6. The highest BCUT2D eigenvalue weighted by molar-refractivity contribution is 5.83. The predicted octanol–water partition coefficient (Wildman–Crippen LogP) is 1.34. The van der Waals surface area contributed by atoms with Gasteiger partial charge in [-0.3, -0.25) is 4.90 Å². The van der Waals surface area contributed by atoms with Gasteiger partial charge in [0.05, 0.1) is 18.6 Å². The van der Waals surface area contributed by atoms with Crippen molar-refractivity contribution in [2.24, 2.45) is 11.8 Å². The van der Waals surface area contributed by atoms with Crippen molar-refractivity contribution < 1.29 is 9.26 Å². The monoisotopic (exact) mass is 383 g/mol. The Hall–Kier alpha value is -2.52. The summed E-state index contributed by atoms with van der Waals surface area (Å²) in [7, 11) is 1.70. The van der Waals surface area contributed by atoms with Crippen molar-refractivity contribution in [2.45, 2.75) is 20.0 Å². The fourth-order valence-electron chi connectivity index (χ4n) is 4.57. The highest BCUT2D eigenvalue weighted by Crippen LogP contribution is 2.35. The number of imidazole rings is 1. The average Bonchev–Trinajstić information content (AvgIpc) is 3.43. The number of anilines is 1. The van der Waals surface area contributed by atoms with E-state index in [1.165, 1.54) is 0 Å².